The summed E-state index contributed by atoms with van der Waals surface area (Å²) in [5, 5.41) is 9.64. The van der Waals surface area contributed by atoms with Gasteiger partial charge in [0.25, 0.3) is 0 Å². The van der Waals surface area contributed by atoms with Gasteiger partial charge in [-0.2, -0.15) is 0 Å². The molecule has 12 heavy (non-hydrogen) atoms. The molecular formula is C11H18O. The smallest absolute Gasteiger partial charge is 0.0545 e. The Morgan fingerprint density at radius 1 is 0.833 bits per heavy atom. The van der Waals surface area contributed by atoms with Crippen LogP contribution < -0.4 is 0 Å². The van der Waals surface area contributed by atoms with Crippen molar-refractivity contribution in [1.29, 1.82) is 0 Å². The highest BCUT2D eigenvalue weighted by molar-refractivity contribution is 4.96. The zero-order chi connectivity index (χ0) is 8.13. The van der Waals surface area contributed by atoms with Crippen molar-refractivity contribution in [2.75, 3.05) is 0 Å². The van der Waals surface area contributed by atoms with E-state index in [0.29, 0.717) is 0 Å². The van der Waals surface area contributed by atoms with E-state index in [4.69, 9.17) is 0 Å². The van der Waals surface area contributed by atoms with Crippen LogP contribution in [0.4, 0.5) is 0 Å². The molecule has 1 heteroatoms. The van der Waals surface area contributed by atoms with Crippen molar-refractivity contribution < 1.29 is 5.11 Å². The van der Waals surface area contributed by atoms with E-state index in [2.05, 4.69) is 0 Å². The first-order chi connectivity index (χ1) is 5.83. The van der Waals surface area contributed by atoms with Crippen molar-refractivity contribution in [2.45, 2.75) is 44.6 Å². The van der Waals surface area contributed by atoms with Gasteiger partial charge in [0.1, 0.15) is 0 Å². The number of rotatable bonds is 0. The van der Waals surface area contributed by atoms with Crippen LogP contribution in [0.3, 0.4) is 0 Å². The maximum absolute atomic E-state index is 9.64. The summed E-state index contributed by atoms with van der Waals surface area (Å²) in [5.41, 5.74) is 0. The summed E-state index contributed by atoms with van der Waals surface area (Å²) in [4.78, 5) is 0. The first-order valence-corrected chi connectivity index (χ1v) is 5.51. The molecule has 4 saturated carbocycles. The molecule has 0 aliphatic heterocycles. The molecule has 0 aromatic carbocycles. The van der Waals surface area contributed by atoms with Gasteiger partial charge >= 0.3 is 0 Å². The van der Waals surface area contributed by atoms with E-state index in [1.807, 2.05) is 0 Å². The lowest BCUT2D eigenvalue weighted by molar-refractivity contribution is -0.0555. The van der Waals surface area contributed by atoms with Gasteiger partial charge in [0.05, 0.1) is 6.10 Å². The molecule has 4 bridgehead atoms. The lowest BCUT2D eigenvalue weighted by atomic mass is 9.54. The maximum atomic E-state index is 9.64. The lowest BCUT2D eigenvalue weighted by Gasteiger charge is -2.52. The molecule has 0 aromatic heterocycles. The van der Waals surface area contributed by atoms with Crippen LogP contribution in [0, 0.1) is 23.7 Å². The molecule has 0 amide bonds. The second-order valence-electron chi connectivity index (χ2n) is 5.22. The van der Waals surface area contributed by atoms with E-state index >= 15 is 0 Å². The van der Waals surface area contributed by atoms with Crippen molar-refractivity contribution in [2.24, 2.45) is 23.7 Å². The van der Waals surface area contributed by atoms with E-state index < -0.39 is 0 Å². The third-order valence-electron chi connectivity index (χ3n) is 4.54. The van der Waals surface area contributed by atoms with Gasteiger partial charge in [0.15, 0.2) is 0 Å². The molecule has 1 N–H and O–H groups in total. The Labute approximate surface area is 74.2 Å². The number of hydrogen-bond donors (Lipinski definition) is 1. The van der Waals surface area contributed by atoms with E-state index in [-0.39, 0.29) is 6.10 Å². The van der Waals surface area contributed by atoms with Crippen LogP contribution in [0.2, 0.25) is 0 Å². The molecule has 0 radical (unpaired) electrons. The monoisotopic (exact) mass is 166 g/mol. The minimum Gasteiger partial charge on any atom is -0.393 e. The van der Waals surface area contributed by atoms with Gasteiger partial charge in [-0.1, -0.05) is 6.42 Å². The van der Waals surface area contributed by atoms with E-state index in [0.717, 1.165) is 36.5 Å². The molecule has 68 valence electrons. The van der Waals surface area contributed by atoms with Gasteiger partial charge in [0, 0.05) is 0 Å². The molecule has 0 spiro atoms. The van der Waals surface area contributed by atoms with Crippen molar-refractivity contribution >= 4 is 0 Å². The standard InChI is InChI=1S/C11H18O/c12-10-5-8-3-7-1-2-11(8)9(4-7)6-10/h7-12H,1-6H2/t7?,8-,9+,10?,11?. The third-order valence-corrected chi connectivity index (χ3v) is 4.54. The average Bonchev–Trinajstić information content (AvgIpc) is 2.03. The summed E-state index contributed by atoms with van der Waals surface area (Å²) in [6.07, 6.45) is 8.15. The van der Waals surface area contributed by atoms with Gasteiger partial charge in [-0.15, -0.1) is 0 Å². The molecule has 5 atom stereocenters. The Hall–Kier alpha value is -0.0400. The molecule has 1 nitrogen and oxygen atoms in total. The van der Waals surface area contributed by atoms with Crippen LogP contribution in [0.5, 0.6) is 0 Å². The summed E-state index contributed by atoms with van der Waals surface area (Å²) < 4.78 is 0. The SMILES string of the molecule is OC1C[C@@H]2CC3CCC2[C@@H](C1)C3. The zero-order valence-corrected chi connectivity index (χ0v) is 7.58. The highest BCUT2D eigenvalue weighted by atomic mass is 16.3. The quantitative estimate of drug-likeness (QED) is 0.585. The zero-order valence-electron chi connectivity index (χ0n) is 7.58. The van der Waals surface area contributed by atoms with Crippen molar-refractivity contribution in [3.8, 4) is 0 Å². The Morgan fingerprint density at radius 3 is 2.08 bits per heavy atom. The Morgan fingerprint density at radius 2 is 1.50 bits per heavy atom. The molecule has 0 heterocycles. The lowest BCUT2D eigenvalue weighted by Crippen LogP contribution is -2.44. The van der Waals surface area contributed by atoms with E-state index in [1.54, 1.807) is 0 Å². The first-order valence-electron chi connectivity index (χ1n) is 5.51. The van der Waals surface area contributed by atoms with Crippen LogP contribution in [0.25, 0.3) is 0 Å². The molecule has 4 aliphatic rings. The largest absolute Gasteiger partial charge is 0.393 e. The minimum absolute atomic E-state index is 0.0512. The van der Waals surface area contributed by atoms with Crippen molar-refractivity contribution in [1.82, 2.24) is 0 Å². The molecule has 3 unspecified atom stereocenters. The summed E-state index contributed by atoms with van der Waals surface area (Å²) in [6.45, 7) is 0. The van der Waals surface area contributed by atoms with Gasteiger partial charge in [-0.25, -0.2) is 0 Å². The molecule has 4 rings (SSSR count). The van der Waals surface area contributed by atoms with Crippen LogP contribution in [-0.4, -0.2) is 11.2 Å². The van der Waals surface area contributed by atoms with Gasteiger partial charge in [0.2, 0.25) is 0 Å². The van der Waals surface area contributed by atoms with Crippen molar-refractivity contribution in [3.05, 3.63) is 0 Å². The van der Waals surface area contributed by atoms with Gasteiger partial charge < -0.3 is 5.11 Å². The number of fused-ring (bicyclic) bond motifs is 1. The summed E-state index contributed by atoms with van der Waals surface area (Å²) in [7, 11) is 0. The second-order valence-corrected chi connectivity index (χ2v) is 5.22. The topological polar surface area (TPSA) is 20.2 Å². The van der Waals surface area contributed by atoms with E-state index in [1.165, 1.54) is 25.7 Å². The fourth-order valence-electron chi connectivity index (χ4n) is 4.16. The molecule has 4 aliphatic carbocycles. The van der Waals surface area contributed by atoms with Gasteiger partial charge in [-0.05, 0) is 55.8 Å². The Bertz CT molecular complexity index is 169. The Kier molecular flexibility index (Phi) is 1.52. The molecule has 4 fully saturated rings. The molecule has 0 saturated heterocycles. The average molecular weight is 166 g/mol. The fraction of sp³-hybridized carbons (Fsp3) is 1.00. The predicted octanol–water partition coefficient (Wildman–Crippen LogP) is 2.19. The minimum atomic E-state index is 0.0512. The second kappa shape index (κ2) is 2.47. The highest BCUT2D eigenvalue weighted by Crippen LogP contribution is 2.54. The summed E-state index contributed by atoms with van der Waals surface area (Å²) in [6, 6.07) is 0. The Balaban J connectivity index is 1.85. The summed E-state index contributed by atoms with van der Waals surface area (Å²) in [5.74, 6) is 3.87. The number of aliphatic hydroxyl groups excluding tert-OH is 1. The van der Waals surface area contributed by atoms with Crippen LogP contribution in [0.1, 0.15) is 38.5 Å². The first kappa shape index (κ1) is 7.37. The third kappa shape index (κ3) is 0.953. The van der Waals surface area contributed by atoms with Crippen LogP contribution in [-0.2, 0) is 0 Å². The summed E-state index contributed by atoms with van der Waals surface area (Å²) >= 11 is 0. The van der Waals surface area contributed by atoms with E-state index in [9.17, 15) is 5.11 Å². The van der Waals surface area contributed by atoms with Gasteiger partial charge in [-0.3, -0.25) is 0 Å². The normalized spacial score (nSPS) is 57.2. The fourth-order valence-corrected chi connectivity index (χ4v) is 4.16. The van der Waals surface area contributed by atoms with Crippen LogP contribution in [0.15, 0.2) is 0 Å². The molecule has 0 aromatic rings. The van der Waals surface area contributed by atoms with Crippen molar-refractivity contribution in [3.63, 3.8) is 0 Å². The highest BCUT2D eigenvalue weighted by Gasteiger charge is 2.45. The number of hydrogen-bond acceptors (Lipinski definition) is 1. The predicted molar refractivity (Wildman–Crippen MR) is 47.7 cm³/mol. The van der Waals surface area contributed by atoms with Crippen LogP contribution >= 0.6 is 0 Å². The number of aliphatic hydroxyl groups is 1. The maximum Gasteiger partial charge on any atom is 0.0545 e. The molecular weight excluding hydrogens is 148 g/mol.